The van der Waals surface area contributed by atoms with Crippen LogP contribution in [-0.4, -0.2) is 9.97 Å². The third kappa shape index (κ3) is 2.81. The van der Waals surface area contributed by atoms with Crippen molar-refractivity contribution in [1.82, 2.24) is 9.97 Å². The van der Waals surface area contributed by atoms with E-state index in [2.05, 4.69) is 63.3 Å². The lowest BCUT2D eigenvalue weighted by Gasteiger charge is -2.04. The standard InChI is InChI=1S/C20H16N3/c1-2-4-20-19(3-1)18(7-12-22-20)15-23-13-8-17(9-14-23)16-5-10-21-11-6-16/h1-14H,15H2/q+1. The fourth-order valence-electron chi connectivity index (χ4n) is 2.79. The van der Waals surface area contributed by atoms with Gasteiger partial charge in [-0.15, -0.1) is 0 Å². The van der Waals surface area contributed by atoms with Gasteiger partial charge in [0, 0.05) is 41.7 Å². The van der Waals surface area contributed by atoms with Crippen LogP contribution in [-0.2, 0) is 6.54 Å². The summed E-state index contributed by atoms with van der Waals surface area (Å²) in [4.78, 5) is 8.48. The minimum atomic E-state index is 0.833. The van der Waals surface area contributed by atoms with Gasteiger partial charge in [0.25, 0.3) is 0 Å². The number of fused-ring (bicyclic) bond motifs is 1. The van der Waals surface area contributed by atoms with Crippen LogP contribution < -0.4 is 4.57 Å². The molecule has 0 N–H and O–H groups in total. The van der Waals surface area contributed by atoms with E-state index >= 15 is 0 Å². The molecular weight excluding hydrogens is 282 g/mol. The van der Waals surface area contributed by atoms with E-state index in [9.17, 15) is 0 Å². The molecule has 0 saturated carbocycles. The van der Waals surface area contributed by atoms with E-state index in [1.807, 2.05) is 36.8 Å². The maximum atomic E-state index is 4.42. The number of benzene rings is 1. The number of aromatic nitrogens is 3. The molecule has 1 aromatic carbocycles. The smallest absolute Gasteiger partial charge is 0.174 e. The van der Waals surface area contributed by atoms with E-state index in [-0.39, 0.29) is 0 Å². The number of hydrogen-bond donors (Lipinski definition) is 0. The highest BCUT2D eigenvalue weighted by molar-refractivity contribution is 5.81. The molecule has 0 spiro atoms. The van der Waals surface area contributed by atoms with Crippen LogP contribution >= 0.6 is 0 Å². The van der Waals surface area contributed by atoms with Crippen molar-refractivity contribution in [3.8, 4) is 11.1 Å². The number of hydrogen-bond acceptors (Lipinski definition) is 2. The van der Waals surface area contributed by atoms with Gasteiger partial charge in [-0.3, -0.25) is 9.97 Å². The van der Waals surface area contributed by atoms with Crippen LogP contribution in [0.1, 0.15) is 5.56 Å². The highest BCUT2D eigenvalue weighted by Gasteiger charge is 2.08. The molecule has 3 heterocycles. The summed E-state index contributed by atoms with van der Waals surface area (Å²) in [5.41, 5.74) is 4.70. The second-order valence-corrected chi connectivity index (χ2v) is 5.48. The normalized spacial score (nSPS) is 10.8. The number of nitrogens with zero attached hydrogens (tertiary/aromatic N) is 3. The molecular formula is C20H16N3+. The molecule has 3 nitrogen and oxygen atoms in total. The summed E-state index contributed by atoms with van der Waals surface area (Å²) in [6.07, 6.45) is 9.75. The van der Waals surface area contributed by atoms with Gasteiger partial charge < -0.3 is 0 Å². The van der Waals surface area contributed by atoms with Crippen molar-refractivity contribution < 1.29 is 4.57 Å². The third-order valence-corrected chi connectivity index (χ3v) is 4.00. The van der Waals surface area contributed by atoms with E-state index < -0.39 is 0 Å². The summed E-state index contributed by atoms with van der Waals surface area (Å²) in [5, 5.41) is 1.21. The number of rotatable bonds is 3. The van der Waals surface area contributed by atoms with Gasteiger partial charge in [-0.25, -0.2) is 4.57 Å². The predicted molar refractivity (Wildman–Crippen MR) is 90.7 cm³/mol. The summed E-state index contributed by atoms with van der Waals surface area (Å²) in [5.74, 6) is 0. The monoisotopic (exact) mass is 298 g/mol. The Bertz CT molecular complexity index is 926. The Morgan fingerprint density at radius 1 is 0.739 bits per heavy atom. The predicted octanol–water partition coefficient (Wildman–Crippen LogP) is 3.63. The first kappa shape index (κ1) is 13.6. The number of para-hydroxylation sites is 1. The first-order valence-electron chi connectivity index (χ1n) is 7.62. The van der Waals surface area contributed by atoms with E-state index in [0.29, 0.717) is 0 Å². The summed E-state index contributed by atoms with van der Waals surface area (Å²) in [7, 11) is 0. The molecule has 0 saturated heterocycles. The number of pyridine rings is 3. The Hall–Kier alpha value is -3.07. The largest absolute Gasteiger partial charge is 0.265 e. The van der Waals surface area contributed by atoms with Gasteiger partial charge in [0.1, 0.15) is 0 Å². The van der Waals surface area contributed by atoms with Crippen LogP contribution in [0.15, 0.2) is 85.6 Å². The summed E-state index contributed by atoms with van der Waals surface area (Å²) in [6, 6.07) is 18.7. The van der Waals surface area contributed by atoms with Gasteiger partial charge in [-0.2, -0.15) is 0 Å². The Morgan fingerprint density at radius 2 is 1.48 bits per heavy atom. The lowest BCUT2D eigenvalue weighted by atomic mass is 10.1. The van der Waals surface area contributed by atoms with Crippen molar-refractivity contribution in [3.05, 3.63) is 91.1 Å². The molecule has 4 aromatic rings. The molecule has 0 unspecified atom stereocenters. The van der Waals surface area contributed by atoms with Gasteiger partial charge in [0.15, 0.2) is 18.9 Å². The van der Waals surface area contributed by atoms with E-state index in [4.69, 9.17) is 0 Å². The molecule has 3 heteroatoms. The van der Waals surface area contributed by atoms with Gasteiger partial charge in [-0.1, -0.05) is 18.2 Å². The molecule has 3 aromatic heterocycles. The van der Waals surface area contributed by atoms with Gasteiger partial charge in [0.2, 0.25) is 0 Å². The molecule has 0 aliphatic heterocycles. The van der Waals surface area contributed by atoms with Gasteiger partial charge in [-0.05, 0) is 35.4 Å². The van der Waals surface area contributed by atoms with Crippen LogP contribution in [0, 0.1) is 0 Å². The molecule has 23 heavy (non-hydrogen) atoms. The zero-order valence-electron chi connectivity index (χ0n) is 12.6. The quantitative estimate of drug-likeness (QED) is 0.541. The first-order chi connectivity index (χ1) is 11.4. The Kier molecular flexibility index (Phi) is 3.53. The van der Waals surface area contributed by atoms with Crippen molar-refractivity contribution in [2.24, 2.45) is 0 Å². The maximum Gasteiger partial charge on any atom is 0.174 e. The van der Waals surface area contributed by atoms with Crippen molar-refractivity contribution >= 4 is 10.9 Å². The fourth-order valence-corrected chi connectivity index (χ4v) is 2.79. The second-order valence-electron chi connectivity index (χ2n) is 5.48. The van der Waals surface area contributed by atoms with Crippen LogP contribution in [0.4, 0.5) is 0 Å². The Balaban J connectivity index is 1.64. The maximum absolute atomic E-state index is 4.42. The molecule has 0 fully saturated rings. The van der Waals surface area contributed by atoms with Crippen LogP contribution in [0.25, 0.3) is 22.0 Å². The lowest BCUT2D eigenvalue weighted by molar-refractivity contribution is -0.688. The van der Waals surface area contributed by atoms with E-state index in [1.54, 1.807) is 0 Å². The van der Waals surface area contributed by atoms with Crippen molar-refractivity contribution in [1.29, 1.82) is 0 Å². The minimum absolute atomic E-state index is 0.833. The molecule has 4 rings (SSSR count). The van der Waals surface area contributed by atoms with Crippen molar-refractivity contribution in [2.75, 3.05) is 0 Å². The molecule has 0 aliphatic carbocycles. The van der Waals surface area contributed by atoms with E-state index in [0.717, 1.165) is 12.1 Å². The molecule has 0 amide bonds. The topological polar surface area (TPSA) is 29.7 Å². The third-order valence-electron chi connectivity index (χ3n) is 4.00. The van der Waals surface area contributed by atoms with Crippen LogP contribution in [0.3, 0.4) is 0 Å². The Labute approximate surface area is 134 Å². The Morgan fingerprint density at radius 3 is 2.30 bits per heavy atom. The average Bonchev–Trinajstić information content (AvgIpc) is 2.63. The highest BCUT2D eigenvalue weighted by atomic mass is 14.9. The zero-order valence-corrected chi connectivity index (χ0v) is 12.6. The van der Waals surface area contributed by atoms with Crippen LogP contribution in [0.2, 0.25) is 0 Å². The summed E-state index contributed by atoms with van der Waals surface area (Å²) < 4.78 is 2.19. The molecule has 0 atom stereocenters. The van der Waals surface area contributed by atoms with Crippen molar-refractivity contribution in [2.45, 2.75) is 6.54 Å². The van der Waals surface area contributed by atoms with Crippen molar-refractivity contribution in [3.63, 3.8) is 0 Å². The summed E-state index contributed by atoms with van der Waals surface area (Å²) >= 11 is 0. The minimum Gasteiger partial charge on any atom is -0.265 e. The first-order valence-corrected chi connectivity index (χ1v) is 7.62. The van der Waals surface area contributed by atoms with Crippen LogP contribution in [0.5, 0.6) is 0 Å². The molecule has 0 bridgehead atoms. The SMILES string of the molecule is c1ccc2c(C[n+]3ccc(-c4ccncc4)cc3)ccnc2c1. The fraction of sp³-hybridized carbons (Fsp3) is 0.0500. The second kappa shape index (κ2) is 5.97. The highest BCUT2D eigenvalue weighted by Crippen LogP contribution is 2.17. The van der Waals surface area contributed by atoms with E-state index in [1.165, 1.54) is 22.1 Å². The average molecular weight is 298 g/mol. The van der Waals surface area contributed by atoms with Gasteiger partial charge >= 0.3 is 0 Å². The zero-order chi connectivity index (χ0) is 15.5. The summed E-state index contributed by atoms with van der Waals surface area (Å²) in [6.45, 7) is 0.833. The molecule has 0 radical (unpaired) electrons. The molecule has 110 valence electrons. The van der Waals surface area contributed by atoms with Gasteiger partial charge in [0.05, 0.1) is 5.52 Å². The molecule has 0 aliphatic rings. The lowest BCUT2D eigenvalue weighted by Crippen LogP contribution is -2.33.